The molecule has 0 aliphatic rings. The molecule has 5 nitrogen and oxygen atoms in total. The van der Waals surface area contributed by atoms with Gasteiger partial charge in [0.25, 0.3) is 0 Å². The smallest absolute Gasteiger partial charge is 0.305 e. The van der Waals surface area contributed by atoms with Crippen LogP contribution >= 0.6 is 0 Å². The van der Waals surface area contributed by atoms with Crippen molar-refractivity contribution in [2.24, 2.45) is 5.73 Å². The van der Waals surface area contributed by atoms with Gasteiger partial charge in [-0.15, -0.1) is 0 Å². The molecular weight excluding hydrogens is 498 g/mol. The topological polar surface area (TPSA) is 78.6 Å². The van der Waals surface area contributed by atoms with Gasteiger partial charge in [0.05, 0.1) is 13.2 Å². The highest BCUT2D eigenvalue weighted by Crippen LogP contribution is 2.14. The van der Waals surface area contributed by atoms with Gasteiger partial charge in [-0.3, -0.25) is 9.59 Å². The zero-order valence-corrected chi connectivity index (χ0v) is 27.0. The van der Waals surface area contributed by atoms with Crippen molar-refractivity contribution in [2.75, 3.05) is 13.2 Å². The Morgan fingerprint density at radius 3 is 1.12 bits per heavy atom. The first kappa shape index (κ1) is 38.9. The van der Waals surface area contributed by atoms with Gasteiger partial charge in [0.15, 0.2) is 0 Å². The average molecular weight is 568 g/mol. The van der Waals surface area contributed by atoms with Gasteiger partial charge in [-0.05, 0) is 38.5 Å². The SMILES string of the molecule is CCCCCCCCCOC(=O)CCCCCCCC(N)CCCCCCCC(=O)OCCCCCCCCC. The second kappa shape index (κ2) is 32.4. The molecule has 0 saturated heterocycles. The fraction of sp³-hybridized carbons (Fsp3) is 0.943. The maximum atomic E-state index is 11.8. The van der Waals surface area contributed by atoms with Crippen molar-refractivity contribution in [3.63, 3.8) is 0 Å². The fourth-order valence-electron chi connectivity index (χ4n) is 5.19. The highest BCUT2D eigenvalue weighted by molar-refractivity contribution is 5.69. The van der Waals surface area contributed by atoms with Crippen molar-refractivity contribution >= 4 is 11.9 Å². The lowest BCUT2D eigenvalue weighted by Gasteiger charge is -2.11. The van der Waals surface area contributed by atoms with E-state index in [0.29, 0.717) is 32.1 Å². The van der Waals surface area contributed by atoms with E-state index < -0.39 is 0 Å². The quantitative estimate of drug-likeness (QED) is 0.0646. The van der Waals surface area contributed by atoms with Crippen LogP contribution in [0.25, 0.3) is 0 Å². The number of hydrogen-bond donors (Lipinski definition) is 1. The number of rotatable bonds is 32. The molecule has 0 aliphatic heterocycles. The molecule has 238 valence electrons. The third kappa shape index (κ3) is 31.4. The molecule has 0 saturated carbocycles. The van der Waals surface area contributed by atoms with Gasteiger partial charge < -0.3 is 15.2 Å². The van der Waals surface area contributed by atoms with Crippen LogP contribution in [0, 0.1) is 0 Å². The summed E-state index contributed by atoms with van der Waals surface area (Å²) < 4.78 is 10.7. The molecule has 0 fully saturated rings. The van der Waals surface area contributed by atoms with Crippen molar-refractivity contribution in [2.45, 2.75) is 200 Å². The van der Waals surface area contributed by atoms with Gasteiger partial charge in [0.2, 0.25) is 0 Å². The van der Waals surface area contributed by atoms with E-state index >= 15 is 0 Å². The van der Waals surface area contributed by atoms with E-state index in [-0.39, 0.29) is 11.9 Å². The third-order valence-corrected chi connectivity index (χ3v) is 7.93. The number of hydrogen-bond acceptors (Lipinski definition) is 5. The lowest BCUT2D eigenvalue weighted by molar-refractivity contribution is -0.144. The predicted octanol–water partition coefficient (Wildman–Crippen LogP) is 10.4. The normalized spacial score (nSPS) is 11.3. The molecule has 0 amide bonds. The van der Waals surface area contributed by atoms with Crippen molar-refractivity contribution in [3.8, 4) is 0 Å². The Labute approximate surface area is 249 Å². The summed E-state index contributed by atoms with van der Waals surface area (Å²) in [5.41, 5.74) is 6.31. The molecule has 0 aromatic rings. The van der Waals surface area contributed by atoms with E-state index in [2.05, 4.69) is 13.8 Å². The summed E-state index contributed by atoms with van der Waals surface area (Å²) in [6.45, 7) is 5.67. The molecule has 0 rings (SSSR count). The van der Waals surface area contributed by atoms with Gasteiger partial charge >= 0.3 is 11.9 Å². The molecule has 0 aromatic carbocycles. The molecule has 0 atom stereocenters. The highest BCUT2D eigenvalue weighted by Gasteiger charge is 2.06. The van der Waals surface area contributed by atoms with Crippen LogP contribution in [-0.4, -0.2) is 31.2 Å². The molecule has 2 N–H and O–H groups in total. The molecule has 0 aliphatic carbocycles. The monoisotopic (exact) mass is 568 g/mol. The highest BCUT2D eigenvalue weighted by atomic mass is 16.5. The first-order valence-electron chi connectivity index (χ1n) is 17.7. The van der Waals surface area contributed by atoms with Crippen molar-refractivity contribution in [1.29, 1.82) is 0 Å². The van der Waals surface area contributed by atoms with Crippen LogP contribution < -0.4 is 5.73 Å². The van der Waals surface area contributed by atoms with Gasteiger partial charge in [-0.2, -0.15) is 0 Å². The summed E-state index contributed by atoms with van der Waals surface area (Å²) in [6, 6.07) is 0.309. The second-order valence-corrected chi connectivity index (χ2v) is 12.1. The maximum Gasteiger partial charge on any atom is 0.305 e. The van der Waals surface area contributed by atoms with E-state index in [1.165, 1.54) is 116 Å². The molecule has 0 aromatic heterocycles. The molecule has 0 bridgehead atoms. The van der Waals surface area contributed by atoms with Crippen LogP contribution in [0.1, 0.15) is 194 Å². The third-order valence-electron chi connectivity index (χ3n) is 7.93. The summed E-state index contributed by atoms with van der Waals surface area (Å²) >= 11 is 0. The van der Waals surface area contributed by atoms with Crippen LogP contribution in [0.2, 0.25) is 0 Å². The lowest BCUT2D eigenvalue weighted by Crippen LogP contribution is -2.19. The fourth-order valence-corrected chi connectivity index (χ4v) is 5.19. The Kier molecular flexibility index (Phi) is 31.5. The molecule has 0 spiro atoms. The first-order chi connectivity index (χ1) is 19.6. The number of carbonyl (C=O) groups excluding carboxylic acids is 2. The van der Waals surface area contributed by atoms with E-state index in [4.69, 9.17) is 15.2 Å². The van der Waals surface area contributed by atoms with Crippen LogP contribution in [0.5, 0.6) is 0 Å². The average Bonchev–Trinajstić information content (AvgIpc) is 2.94. The number of esters is 2. The van der Waals surface area contributed by atoms with E-state index in [9.17, 15) is 9.59 Å². The van der Waals surface area contributed by atoms with Gasteiger partial charge in [-0.25, -0.2) is 0 Å². The zero-order chi connectivity index (χ0) is 29.4. The summed E-state index contributed by atoms with van der Waals surface area (Å²) in [6.07, 6.45) is 32.0. The van der Waals surface area contributed by atoms with Crippen LogP contribution in [-0.2, 0) is 19.1 Å². The first-order valence-corrected chi connectivity index (χ1v) is 17.7. The Bertz CT molecular complexity index is 493. The maximum absolute atomic E-state index is 11.8. The van der Waals surface area contributed by atoms with Crippen LogP contribution in [0.4, 0.5) is 0 Å². The summed E-state index contributed by atoms with van der Waals surface area (Å²) in [5, 5.41) is 0. The van der Waals surface area contributed by atoms with E-state index in [1.807, 2.05) is 0 Å². The van der Waals surface area contributed by atoms with E-state index in [1.54, 1.807) is 0 Å². The Hall–Kier alpha value is -1.10. The van der Waals surface area contributed by atoms with Gasteiger partial charge in [0, 0.05) is 18.9 Å². The summed E-state index contributed by atoms with van der Waals surface area (Å²) in [4.78, 5) is 23.7. The molecular formula is C35H69NO4. The summed E-state index contributed by atoms with van der Waals surface area (Å²) in [5.74, 6) is -0.0431. The molecule has 0 heterocycles. The van der Waals surface area contributed by atoms with Crippen molar-refractivity contribution < 1.29 is 19.1 Å². The van der Waals surface area contributed by atoms with E-state index in [0.717, 1.165) is 51.4 Å². The number of unbranched alkanes of at least 4 members (excludes halogenated alkanes) is 20. The van der Waals surface area contributed by atoms with Crippen LogP contribution in [0.15, 0.2) is 0 Å². The van der Waals surface area contributed by atoms with Gasteiger partial charge in [-0.1, -0.05) is 142 Å². The van der Waals surface area contributed by atoms with Crippen molar-refractivity contribution in [3.05, 3.63) is 0 Å². The Balaban J connectivity index is 3.33. The molecule has 0 radical (unpaired) electrons. The van der Waals surface area contributed by atoms with Gasteiger partial charge in [0.1, 0.15) is 0 Å². The molecule has 0 unspecified atom stereocenters. The van der Waals surface area contributed by atoms with Crippen LogP contribution in [0.3, 0.4) is 0 Å². The minimum absolute atomic E-state index is 0.0215. The predicted molar refractivity (Wildman–Crippen MR) is 171 cm³/mol. The zero-order valence-electron chi connectivity index (χ0n) is 27.0. The summed E-state index contributed by atoms with van der Waals surface area (Å²) in [7, 11) is 0. The Morgan fingerprint density at radius 2 is 0.750 bits per heavy atom. The minimum atomic E-state index is -0.0215. The minimum Gasteiger partial charge on any atom is -0.466 e. The molecule has 40 heavy (non-hydrogen) atoms. The Morgan fingerprint density at radius 1 is 0.450 bits per heavy atom. The lowest BCUT2D eigenvalue weighted by atomic mass is 10.0. The molecule has 5 heteroatoms. The number of ether oxygens (including phenoxy) is 2. The van der Waals surface area contributed by atoms with Crippen molar-refractivity contribution in [1.82, 2.24) is 0 Å². The number of carbonyl (C=O) groups is 2. The standard InChI is InChI=1S/C35H69NO4/c1-3-5-7-9-11-19-25-31-39-34(37)29-23-17-13-15-21-27-33(36)28-22-16-14-18-24-30-35(38)40-32-26-20-12-10-8-6-4-2/h33H,3-32,36H2,1-2H3. The second-order valence-electron chi connectivity index (χ2n) is 12.1. The largest absolute Gasteiger partial charge is 0.466 e. The number of nitrogens with two attached hydrogens (primary N) is 1.